The third kappa shape index (κ3) is 1.71. The SMILES string of the molecule is N#CCc1c(N)ncc(O)c1C(F)F. The molecule has 3 N–H and O–H groups in total. The van der Waals surface area contributed by atoms with Crippen LogP contribution in [0, 0.1) is 11.3 Å². The first kappa shape index (κ1) is 10.2. The molecule has 4 nitrogen and oxygen atoms in total. The Morgan fingerprint density at radius 1 is 1.64 bits per heavy atom. The van der Waals surface area contributed by atoms with Gasteiger partial charge in [0.05, 0.1) is 24.3 Å². The second-order valence-corrected chi connectivity index (χ2v) is 2.56. The summed E-state index contributed by atoms with van der Waals surface area (Å²) < 4.78 is 24.9. The molecule has 0 saturated carbocycles. The number of aromatic nitrogens is 1. The van der Waals surface area contributed by atoms with E-state index < -0.39 is 17.7 Å². The molecule has 0 aliphatic carbocycles. The zero-order valence-corrected chi connectivity index (χ0v) is 7.04. The third-order valence-corrected chi connectivity index (χ3v) is 1.71. The molecule has 1 rings (SSSR count). The van der Waals surface area contributed by atoms with E-state index >= 15 is 0 Å². The van der Waals surface area contributed by atoms with Gasteiger partial charge in [0.25, 0.3) is 6.43 Å². The van der Waals surface area contributed by atoms with Crippen LogP contribution < -0.4 is 5.73 Å². The quantitative estimate of drug-likeness (QED) is 0.753. The van der Waals surface area contributed by atoms with E-state index in [-0.39, 0.29) is 17.8 Å². The zero-order valence-electron chi connectivity index (χ0n) is 7.04. The summed E-state index contributed by atoms with van der Waals surface area (Å²) in [5.41, 5.74) is 4.59. The van der Waals surface area contributed by atoms with Crippen molar-refractivity contribution in [1.82, 2.24) is 4.98 Å². The van der Waals surface area contributed by atoms with Crippen LogP contribution in [-0.2, 0) is 6.42 Å². The number of hydrogen-bond acceptors (Lipinski definition) is 4. The van der Waals surface area contributed by atoms with Crippen LogP contribution in [0.4, 0.5) is 14.6 Å². The second-order valence-electron chi connectivity index (χ2n) is 2.56. The first-order valence-electron chi connectivity index (χ1n) is 3.69. The van der Waals surface area contributed by atoms with Crippen molar-refractivity contribution < 1.29 is 13.9 Å². The first-order valence-corrected chi connectivity index (χ1v) is 3.69. The lowest BCUT2D eigenvalue weighted by Gasteiger charge is -2.09. The molecule has 0 amide bonds. The van der Waals surface area contributed by atoms with Crippen LogP contribution in [0.1, 0.15) is 17.6 Å². The lowest BCUT2D eigenvalue weighted by atomic mass is 10.1. The maximum Gasteiger partial charge on any atom is 0.267 e. The van der Waals surface area contributed by atoms with Gasteiger partial charge in [0.1, 0.15) is 11.6 Å². The highest BCUT2D eigenvalue weighted by Gasteiger charge is 2.20. The average molecular weight is 199 g/mol. The highest BCUT2D eigenvalue weighted by atomic mass is 19.3. The smallest absolute Gasteiger partial charge is 0.267 e. The van der Waals surface area contributed by atoms with Crippen molar-refractivity contribution in [3.8, 4) is 11.8 Å². The van der Waals surface area contributed by atoms with Crippen LogP contribution in [0.25, 0.3) is 0 Å². The molecule has 0 radical (unpaired) electrons. The molecule has 0 bridgehead atoms. The molecule has 0 aliphatic heterocycles. The number of hydrogen-bond donors (Lipinski definition) is 2. The minimum atomic E-state index is -2.87. The summed E-state index contributed by atoms with van der Waals surface area (Å²) in [5, 5.41) is 17.5. The van der Waals surface area contributed by atoms with Crippen molar-refractivity contribution in [1.29, 1.82) is 5.26 Å². The fourth-order valence-electron chi connectivity index (χ4n) is 1.08. The molecule has 14 heavy (non-hydrogen) atoms. The van der Waals surface area contributed by atoms with Gasteiger partial charge in [0.15, 0.2) is 0 Å². The molecular formula is C8H7F2N3O. The van der Waals surface area contributed by atoms with Gasteiger partial charge < -0.3 is 10.8 Å². The van der Waals surface area contributed by atoms with Gasteiger partial charge in [-0.2, -0.15) is 5.26 Å². The van der Waals surface area contributed by atoms with Gasteiger partial charge in [-0.25, -0.2) is 13.8 Å². The molecule has 0 saturated heterocycles. The summed E-state index contributed by atoms with van der Waals surface area (Å²) in [6.45, 7) is 0. The summed E-state index contributed by atoms with van der Waals surface area (Å²) >= 11 is 0. The highest BCUT2D eigenvalue weighted by Crippen LogP contribution is 2.33. The van der Waals surface area contributed by atoms with E-state index in [4.69, 9.17) is 16.1 Å². The van der Waals surface area contributed by atoms with E-state index in [9.17, 15) is 8.78 Å². The van der Waals surface area contributed by atoms with Crippen molar-refractivity contribution in [2.75, 3.05) is 5.73 Å². The van der Waals surface area contributed by atoms with Crippen LogP contribution >= 0.6 is 0 Å². The topological polar surface area (TPSA) is 82.9 Å². The number of nitrogen functional groups attached to an aromatic ring is 1. The van der Waals surface area contributed by atoms with E-state index in [1.54, 1.807) is 6.07 Å². The number of nitrogens with two attached hydrogens (primary N) is 1. The number of halogens is 2. The van der Waals surface area contributed by atoms with Crippen molar-refractivity contribution in [3.63, 3.8) is 0 Å². The van der Waals surface area contributed by atoms with Gasteiger partial charge >= 0.3 is 0 Å². The van der Waals surface area contributed by atoms with E-state index in [0.29, 0.717) is 0 Å². The second kappa shape index (κ2) is 3.87. The lowest BCUT2D eigenvalue weighted by molar-refractivity contribution is 0.146. The van der Waals surface area contributed by atoms with E-state index in [2.05, 4.69) is 4.98 Å². The maximum atomic E-state index is 12.4. The first-order chi connectivity index (χ1) is 6.57. The lowest BCUT2D eigenvalue weighted by Crippen LogP contribution is -2.03. The minimum absolute atomic E-state index is 0.109. The minimum Gasteiger partial charge on any atom is -0.506 e. The summed E-state index contributed by atoms with van der Waals surface area (Å²) in [6, 6.07) is 1.68. The Morgan fingerprint density at radius 3 is 2.79 bits per heavy atom. The van der Waals surface area contributed by atoms with Gasteiger partial charge in [-0.1, -0.05) is 0 Å². The van der Waals surface area contributed by atoms with Crippen molar-refractivity contribution in [3.05, 3.63) is 17.3 Å². The molecule has 0 aliphatic rings. The average Bonchev–Trinajstić information content (AvgIpc) is 2.11. The molecule has 0 aromatic carbocycles. The normalized spacial score (nSPS) is 10.1. The Balaban J connectivity index is 3.35. The standard InChI is InChI=1S/C8H7F2N3O/c9-7(10)6-4(1-2-11)8(12)13-3-5(6)14/h3,7,14H,1H2,(H2,12,13). The number of anilines is 1. The van der Waals surface area contributed by atoms with E-state index in [0.717, 1.165) is 6.20 Å². The zero-order chi connectivity index (χ0) is 10.7. The fourth-order valence-corrected chi connectivity index (χ4v) is 1.08. The number of aromatic hydroxyl groups is 1. The molecule has 0 unspecified atom stereocenters. The Hall–Kier alpha value is -1.90. The van der Waals surface area contributed by atoms with Crippen molar-refractivity contribution in [2.45, 2.75) is 12.8 Å². The predicted molar refractivity (Wildman–Crippen MR) is 44.6 cm³/mol. The van der Waals surface area contributed by atoms with Gasteiger partial charge in [-0.05, 0) is 0 Å². The van der Waals surface area contributed by atoms with E-state index in [1.807, 2.05) is 0 Å². The predicted octanol–water partition coefficient (Wildman–Crippen LogP) is 1.37. The number of nitriles is 1. The Morgan fingerprint density at radius 2 is 2.29 bits per heavy atom. The summed E-state index contributed by atoms with van der Waals surface area (Å²) in [5.74, 6) is -0.792. The van der Waals surface area contributed by atoms with Crippen LogP contribution in [0.15, 0.2) is 6.20 Å². The molecule has 74 valence electrons. The number of nitrogens with zero attached hydrogens (tertiary/aromatic N) is 2. The molecule has 1 aromatic heterocycles. The number of rotatable bonds is 2. The monoisotopic (exact) mass is 199 g/mol. The highest BCUT2D eigenvalue weighted by molar-refractivity contribution is 5.51. The van der Waals surface area contributed by atoms with Gasteiger partial charge in [0.2, 0.25) is 0 Å². The third-order valence-electron chi connectivity index (χ3n) is 1.71. The van der Waals surface area contributed by atoms with E-state index in [1.165, 1.54) is 0 Å². The molecule has 6 heteroatoms. The Bertz CT molecular complexity index is 387. The maximum absolute atomic E-state index is 12.4. The van der Waals surface area contributed by atoms with Gasteiger partial charge in [-0.3, -0.25) is 0 Å². The molecule has 1 aromatic rings. The van der Waals surface area contributed by atoms with Crippen LogP contribution in [0.5, 0.6) is 5.75 Å². The number of alkyl halides is 2. The molecule has 0 spiro atoms. The van der Waals surface area contributed by atoms with Crippen LogP contribution in [0.2, 0.25) is 0 Å². The summed E-state index contributed by atoms with van der Waals surface area (Å²) in [6.07, 6.45) is -2.33. The summed E-state index contributed by atoms with van der Waals surface area (Å²) in [4.78, 5) is 3.48. The Labute approximate surface area is 78.6 Å². The van der Waals surface area contributed by atoms with Gasteiger partial charge in [-0.15, -0.1) is 0 Å². The molecular weight excluding hydrogens is 192 g/mol. The van der Waals surface area contributed by atoms with Crippen molar-refractivity contribution in [2.24, 2.45) is 0 Å². The largest absolute Gasteiger partial charge is 0.506 e. The molecule has 0 fully saturated rings. The van der Waals surface area contributed by atoms with Crippen LogP contribution in [-0.4, -0.2) is 10.1 Å². The van der Waals surface area contributed by atoms with Gasteiger partial charge in [0, 0.05) is 5.56 Å². The number of pyridine rings is 1. The fraction of sp³-hybridized carbons (Fsp3) is 0.250. The Kier molecular flexibility index (Phi) is 2.82. The molecule has 0 atom stereocenters. The summed E-state index contributed by atoms with van der Waals surface area (Å²) in [7, 11) is 0. The molecule has 1 heterocycles. The van der Waals surface area contributed by atoms with Crippen LogP contribution in [0.3, 0.4) is 0 Å². The van der Waals surface area contributed by atoms with Crippen molar-refractivity contribution >= 4 is 5.82 Å².